The number of halogens is 1. The molecule has 1 aromatic heterocycles. The Balaban J connectivity index is 1.51. The first-order valence-electron chi connectivity index (χ1n) is 8.11. The van der Waals surface area contributed by atoms with Crippen molar-refractivity contribution in [1.29, 1.82) is 0 Å². The first kappa shape index (κ1) is 16.8. The molecule has 0 aliphatic heterocycles. The summed E-state index contributed by atoms with van der Waals surface area (Å²) in [4.78, 5) is 31.0. The summed E-state index contributed by atoms with van der Waals surface area (Å²) in [5.41, 5.74) is 1.20. The number of aromatic amines is 1. The van der Waals surface area contributed by atoms with Crippen molar-refractivity contribution in [2.75, 3.05) is 0 Å². The van der Waals surface area contributed by atoms with Gasteiger partial charge in [-0.3, -0.25) is 9.59 Å². The number of rotatable bonds is 6. The zero-order chi connectivity index (χ0) is 17.6. The molecule has 0 saturated heterocycles. The van der Waals surface area contributed by atoms with E-state index in [9.17, 15) is 14.0 Å². The van der Waals surface area contributed by atoms with Crippen molar-refractivity contribution < 1.29 is 9.18 Å². The van der Waals surface area contributed by atoms with Crippen LogP contribution in [-0.2, 0) is 17.8 Å². The molecule has 0 aliphatic carbocycles. The predicted molar refractivity (Wildman–Crippen MR) is 93.5 cm³/mol. The first-order chi connectivity index (χ1) is 12.1. The molecule has 2 N–H and O–H groups in total. The Morgan fingerprint density at radius 1 is 1.16 bits per heavy atom. The molecule has 0 bridgehead atoms. The van der Waals surface area contributed by atoms with Crippen molar-refractivity contribution in [3.63, 3.8) is 0 Å². The van der Waals surface area contributed by atoms with Crippen LogP contribution in [0.25, 0.3) is 10.9 Å². The van der Waals surface area contributed by atoms with Crippen LogP contribution in [0.15, 0.2) is 53.3 Å². The van der Waals surface area contributed by atoms with E-state index in [0.29, 0.717) is 48.1 Å². The Morgan fingerprint density at radius 2 is 2.00 bits per heavy atom. The minimum atomic E-state index is -0.321. The zero-order valence-corrected chi connectivity index (χ0v) is 13.6. The predicted octanol–water partition coefficient (Wildman–Crippen LogP) is 2.70. The van der Waals surface area contributed by atoms with Gasteiger partial charge in [0.15, 0.2) is 0 Å². The minimum Gasteiger partial charge on any atom is -0.352 e. The molecule has 25 heavy (non-hydrogen) atoms. The number of hydrogen-bond donors (Lipinski definition) is 2. The maximum Gasteiger partial charge on any atom is 0.258 e. The summed E-state index contributed by atoms with van der Waals surface area (Å²) < 4.78 is 13.1. The van der Waals surface area contributed by atoms with Crippen molar-refractivity contribution in [3.8, 4) is 0 Å². The van der Waals surface area contributed by atoms with Crippen LogP contribution in [0.4, 0.5) is 4.39 Å². The summed E-state index contributed by atoms with van der Waals surface area (Å²) in [5.74, 6) is 0.132. The summed E-state index contributed by atoms with van der Waals surface area (Å²) in [7, 11) is 0. The van der Waals surface area contributed by atoms with Gasteiger partial charge in [-0.25, -0.2) is 9.37 Å². The van der Waals surface area contributed by atoms with Gasteiger partial charge in [0.2, 0.25) is 5.91 Å². The number of fused-ring (bicyclic) bond motifs is 1. The van der Waals surface area contributed by atoms with E-state index in [2.05, 4.69) is 15.3 Å². The van der Waals surface area contributed by atoms with Gasteiger partial charge in [0.25, 0.3) is 5.56 Å². The lowest BCUT2D eigenvalue weighted by Crippen LogP contribution is -2.22. The zero-order valence-electron chi connectivity index (χ0n) is 13.6. The van der Waals surface area contributed by atoms with Crippen LogP contribution in [0, 0.1) is 5.82 Å². The van der Waals surface area contributed by atoms with E-state index in [1.807, 2.05) is 6.07 Å². The van der Waals surface area contributed by atoms with Gasteiger partial charge in [-0.2, -0.15) is 0 Å². The van der Waals surface area contributed by atoms with Gasteiger partial charge < -0.3 is 10.3 Å². The van der Waals surface area contributed by atoms with Gasteiger partial charge in [-0.05, 0) is 36.2 Å². The lowest BCUT2D eigenvalue weighted by atomic mass is 10.2. The number of carbonyl (C=O) groups is 1. The lowest BCUT2D eigenvalue weighted by molar-refractivity contribution is -0.121. The molecular weight excluding hydrogens is 321 g/mol. The summed E-state index contributed by atoms with van der Waals surface area (Å²) in [5, 5.41) is 3.31. The quantitative estimate of drug-likeness (QED) is 0.725. The molecular formula is C19H18FN3O2. The highest BCUT2D eigenvalue weighted by Gasteiger charge is 2.06. The van der Waals surface area contributed by atoms with Crippen LogP contribution in [0.5, 0.6) is 0 Å². The fourth-order valence-electron chi connectivity index (χ4n) is 2.61. The molecule has 0 saturated carbocycles. The summed E-state index contributed by atoms with van der Waals surface area (Å²) in [6.07, 6.45) is 1.38. The summed E-state index contributed by atoms with van der Waals surface area (Å²) in [6, 6.07) is 13.3. The molecule has 3 aromatic rings. The van der Waals surface area contributed by atoms with Crippen molar-refractivity contribution >= 4 is 16.8 Å². The molecule has 0 aliphatic rings. The van der Waals surface area contributed by atoms with Gasteiger partial charge in [-0.15, -0.1) is 0 Å². The average Bonchev–Trinajstić information content (AvgIpc) is 2.60. The number of H-pyrrole nitrogens is 1. The molecule has 0 unspecified atom stereocenters. The molecule has 0 fully saturated rings. The van der Waals surface area contributed by atoms with Crippen molar-refractivity contribution in [2.45, 2.75) is 25.8 Å². The fourth-order valence-corrected chi connectivity index (χ4v) is 2.61. The molecule has 5 nitrogen and oxygen atoms in total. The smallest absolute Gasteiger partial charge is 0.258 e. The Morgan fingerprint density at radius 3 is 2.84 bits per heavy atom. The van der Waals surface area contributed by atoms with Crippen LogP contribution >= 0.6 is 0 Å². The van der Waals surface area contributed by atoms with Crippen molar-refractivity contribution in [3.05, 3.63) is 76.1 Å². The summed E-state index contributed by atoms with van der Waals surface area (Å²) >= 11 is 0. The van der Waals surface area contributed by atoms with Crippen LogP contribution < -0.4 is 10.9 Å². The van der Waals surface area contributed by atoms with E-state index in [-0.39, 0.29) is 17.3 Å². The molecule has 1 heterocycles. The van der Waals surface area contributed by atoms with E-state index in [0.717, 1.165) is 0 Å². The van der Waals surface area contributed by atoms with E-state index in [1.54, 1.807) is 30.3 Å². The van der Waals surface area contributed by atoms with Gasteiger partial charge in [-0.1, -0.05) is 24.3 Å². The number of carbonyl (C=O) groups excluding carboxylic acids is 1. The second-order valence-corrected chi connectivity index (χ2v) is 5.79. The van der Waals surface area contributed by atoms with Crippen LogP contribution in [0.2, 0.25) is 0 Å². The Bertz CT molecular complexity index is 953. The maximum atomic E-state index is 13.1. The normalized spacial score (nSPS) is 10.8. The Kier molecular flexibility index (Phi) is 5.18. The van der Waals surface area contributed by atoms with E-state index in [1.165, 1.54) is 12.1 Å². The third kappa shape index (κ3) is 4.50. The van der Waals surface area contributed by atoms with Crippen molar-refractivity contribution in [1.82, 2.24) is 15.3 Å². The Labute approximate surface area is 143 Å². The number of para-hydroxylation sites is 1. The number of aryl methyl sites for hydroxylation is 1. The summed E-state index contributed by atoms with van der Waals surface area (Å²) in [6.45, 7) is 0.293. The number of nitrogens with zero attached hydrogens (tertiary/aromatic N) is 1. The molecule has 3 rings (SSSR count). The Hall–Kier alpha value is -3.02. The lowest BCUT2D eigenvalue weighted by Gasteiger charge is -2.06. The minimum absolute atomic E-state index is 0.118. The second kappa shape index (κ2) is 7.70. The SMILES string of the molecule is O=C(CCCc1nc2ccccc2c(=O)[nH]1)NCc1cccc(F)c1. The number of benzene rings is 2. The number of hydrogen-bond acceptors (Lipinski definition) is 3. The number of nitrogens with one attached hydrogen (secondary N) is 2. The average molecular weight is 339 g/mol. The third-order valence-corrected chi connectivity index (χ3v) is 3.86. The molecule has 2 aromatic carbocycles. The van der Waals surface area contributed by atoms with Gasteiger partial charge >= 0.3 is 0 Å². The van der Waals surface area contributed by atoms with Gasteiger partial charge in [0.05, 0.1) is 10.9 Å². The molecule has 0 spiro atoms. The largest absolute Gasteiger partial charge is 0.352 e. The van der Waals surface area contributed by atoms with Gasteiger partial charge in [0.1, 0.15) is 11.6 Å². The van der Waals surface area contributed by atoms with Crippen LogP contribution in [0.1, 0.15) is 24.2 Å². The van der Waals surface area contributed by atoms with Crippen molar-refractivity contribution in [2.24, 2.45) is 0 Å². The molecule has 6 heteroatoms. The maximum absolute atomic E-state index is 13.1. The molecule has 0 radical (unpaired) electrons. The number of amides is 1. The highest BCUT2D eigenvalue weighted by atomic mass is 19.1. The standard InChI is InChI=1S/C19H18FN3O2/c20-14-6-3-5-13(11-14)12-21-18(24)10-4-9-17-22-16-8-2-1-7-15(16)19(25)23-17/h1-3,5-8,11H,4,9-10,12H2,(H,21,24)(H,22,23,25). The second-order valence-electron chi connectivity index (χ2n) is 5.79. The number of aromatic nitrogens is 2. The monoisotopic (exact) mass is 339 g/mol. The van der Waals surface area contributed by atoms with Crippen LogP contribution in [0.3, 0.4) is 0 Å². The molecule has 1 amide bonds. The van der Waals surface area contributed by atoms with Crippen LogP contribution in [-0.4, -0.2) is 15.9 Å². The first-order valence-corrected chi connectivity index (χ1v) is 8.11. The highest BCUT2D eigenvalue weighted by molar-refractivity contribution is 5.77. The third-order valence-electron chi connectivity index (χ3n) is 3.86. The highest BCUT2D eigenvalue weighted by Crippen LogP contribution is 2.07. The molecule has 128 valence electrons. The van der Waals surface area contributed by atoms with E-state index >= 15 is 0 Å². The van der Waals surface area contributed by atoms with E-state index < -0.39 is 0 Å². The topological polar surface area (TPSA) is 74.8 Å². The van der Waals surface area contributed by atoms with Gasteiger partial charge in [0, 0.05) is 19.4 Å². The fraction of sp³-hybridized carbons (Fsp3) is 0.211. The molecule has 0 atom stereocenters. The van der Waals surface area contributed by atoms with E-state index in [4.69, 9.17) is 0 Å².